The summed E-state index contributed by atoms with van der Waals surface area (Å²) in [6, 6.07) is 2.58. The van der Waals surface area contributed by atoms with Gasteiger partial charge in [0.25, 0.3) is 0 Å². The first-order valence-corrected chi connectivity index (χ1v) is 6.45. The van der Waals surface area contributed by atoms with Gasteiger partial charge in [0.15, 0.2) is 0 Å². The number of hydrogen-bond acceptors (Lipinski definition) is 3. The predicted octanol–water partition coefficient (Wildman–Crippen LogP) is 1.48. The molecule has 1 heterocycles. The summed E-state index contributed by atoms with van der Waals surface area (Å²) < 4.78 is 0. The molecule has 0 radical (unpaired) electrons. The summed E-state index contributed by atoms with van der Waals surface area (Å²) in [6.45, 7) is 3.86. The molecule has 2 atom stereocenters. The number of carbonyl (C=O) groups excluding carboxylic acids is 1. The van der Waals surface area contributed by atoms with Crippen molar-refractivity contribution in [2.75, 3.05) is 27.2 Å². The number of nitriles is 1. The summed E-state index contributed by atoms with van der Waals surface area (Å²) >= 11 is 0. The molecule has 0 aromatic rings. The van der Waals surface area contributed by atoms with Crippen molar-refractivity contribution in [3.8, 4) is 6.07 Å². The number of nitrogens with zero attached hydrogens (tertiary/aromatic N) is 3. The highest BCUT2D eigenvalue weighted by molar-refractivity contribution is 5.80. The lowest BCUT2D eigenvalue weighted by molar-refractivity contribution is -0.133. The van der Waals surface area contributed by atoms with Gasteiger partial charge in [0, 0.05) is 19.6 Å². The van der Waals surface area contributed by atoms with Gasteiger partial charge in [-0.1, -0.05) is 13.3 Å². The molecular weight excluding hydrogens is 214 g/mol. The molecule has 1 saturated heterocycles. The molecule has 1 amide bonds. The first-order valence-electron chi connectivity index (χ1n) is 6.45. The summed E-state index contributed by atoms with van der Waals surface area (Å²) in [5.74, 6) is -0.480. The summed E-state index contributed by atoms with van der Waals surface area (Å²) in [5, 5.41) is 8.98. The average Bonchev–Trinajstić information content (AvgIpc) is 2.71. The van der Waals surface area contributed by atoms with E-state index in [-0.39, 0.29) is 5.91 Å². The molecule has 0 N–H and O–H groups in total. The molecule has 1 aliphatic heterocycles. The number of carbonyl (C=O) groups is 1. The van der Waals surface area contributed by atoms with Crippen LogP contribution >= 0.6 is 0 Å². The lowest BCUT2D eigenvalue weighted by atomic mass is 10.0. The molecular formula is C13H23N3O. The van der Waals surface area contributed by atoms with Gasteiger partial charge in [0.2, 0.25) is 5.91 Å². The van der Waals surface area contributed by atoms with E-state index >= 15 is 0 Å². The van der Waals surface area contributed by atoms with Gasteiger partial charge in [0.1, 0.15) is 5.92 Å². The molecule has 1 fully saturated rings. The number of likely N-dealkylation sites (N-methyl/N-ethyl adjacent to an activating group) is 2. The third-order valence-electron chi connectivity index (χ3n) is 3.56. The number of hydrogen-bond donors (Lipinski definition) is 0. The monoisotopic (exact) mass is 237 g/mol. The van der Waals surface area contributed by atoms with E-state index in [4.69, 9.17) is 5.26 Å². The fraction of sp³-hybridized carbons (Fsp3) is 0.846. The molecule has 0 bridgehead atoms. The lowest BCUT2D eigenvalue weighted by Crippen LogP contribution is -2.41. The van der Waals surface area contributed by atoms with Crippen molar-refractivity contribution in [1.82, 2.24) is 9.80 Å². The SMILES string of the molecule is CCCC(C#N)C(=O)N(C)CC1CCCN1C. The van der Waals surface area contributed by atoms with Crippen LogP contribution < -0.4 is 0 Å². The molecule has 0 spiro atoms. The Morgan fingerprint density at radius 1 is 1.65 bits per heavy atom. The molecule has 4 nitrogen and oxygen atoms in total. The van der Waals surface area contributed by atoms with Crippen molar-refractivity contribution in [3.05, 3.63) is 0 Å². The minimum Gasteiger partial charge on any atom is -0.343 e. The Kier molecular flexibility index (Phi) is 5.43. The van der Waals surface area contributed by atoms with Crippen LogP contribution in [0.25, 0.3) is 0 Å². The van der Waals surface area contributed by atoms with Crippen molar-refractivity contribution in [2.24, 2.45) is 5.92 Å². The molecule has 4 heteroatoms. The van der Waals surface area contributed by atoms with Crippen LogP contribution in [0.1, 0.15) is 32.6 Å². The normalized spacial score (nSPS) is 22.1. The van der Waals surface area contributed by atoms with Crippen LogP contribution in [0.4, 0.5) is 0 Å². The minimum absolute atomic E-state index is 0.0188. The minimum atomic E-state index is -0.461. The molecule has 96 valence electrons. The maximum atomic E-state index is 12.0. The molecule has 0 aromatic carbocycles. The number of amides is 1. The molecule has 17 heavy (non-hydrogen) atoms. The Bertz CT molecular complexity index is 298. The molecule has 1 aliphatic rings. The van der Waals surface area contributed by atoms with Crippen molar-refractivity contribution in [1.29, 1.82) is 5.26 Å². The Hall–Kier alpha value is -1.08. The van der Waals surface area contributed by atoms with E-state index < -0.39 is 5.92 Å². The average molecular weight is 237 g/mol. The summed E-state index contributed by atoms with van der Waals surface area (Å²) in [7, 11) is 3.91. The quantitative estimate of drug-likeness (QED) is 0.727. The Balaban J connectivity index is 2.48. The summed E-state index contributed by atoms with van der Waals surface area (Å²) in [6.07, 6.45) is 3.90. The maximum absolute atomic E-state index is 12.0. The van der Waals surface area contributed by atoms with Gasteiger partial charge < -0.3 is 9.80 Å². The van der Waals surface area contributed by atoms with Gasteiger partial charge in [-0.25, -0.2) is 0 Å². The highest BCUT2D eigenvalue weighted by Gasteiger charge is 2.26. The van der Waals surface area contributed by atoms with E-state index in [0.29, 0.717) is 12.5 Å². The van der Waals surface area contributed by atoms with Crippen LogP contribution in [0.5, 0.6) is 0 Å². The van der Waals surface area contributed by atoms with E-state index in [1.807, 2.05) is 14.0 Å². The standard InChI is InChI=1S/C13H23N3O/c1-4-6-11(9-14)13(17)16(3)10-12-7-5-8-15(12)2/h11-12H,4-8,10H2,1-3H3. The molecule has 0 aromatic heterocycles. The second kappa shape index (κ2) is 6.61. The Morgan fingerprint density at radius 2 is 2.35 bits per heavy atom. The Labute approximate surface area is 104 Å². The zero-order valence-corrected chi connectivity index (χ0v) is 11.1. The van der Waals surface area contributed by atoms with Crippen LogP contribution in [0, 0.1) is 17.2 Å². The number of rotatable bonds is 5. The van der Waals surface area contributed by atoms with E-state index in [1.54, 1.807) is 4.90 Å². The van der Waals surface area contributed by atoms with Crippen LogP contribution in [-0.4, -0.2) is 48.9 Å². The molecule has 2 unspecified atom stereocenters. The zero-order valence-electron chi connectivity index (χ0n) is 11.1. The van der Waals surface area contributed by atoms with E-state index in [2.05, 4.69) is 18.0 Å². The number of likely N-dealkylation sites (tertiary alicyclic amines) is 1. The second-order valence-corrected chi connectivity index (χ2v) is 4.97. The molecule has 0 saturated carbocycles. The highest BCUT2D eigenvalue weighted by atomic mass is 16.2. The van der Waals surface area contributed by atoms with Crippen molar-refractivity contribution >= 4 is 5.91 Å². The van der Waals surface area contributed by atoms with Crippen LogP contribution in [0.3, 0.4) is 0 Å². The largest absolute Gasteiger partial charge is 0.343 e. The third kappa shape index (κ3) is 3.71. The van der Waals surface area contributed by atoms with E-state index in [1.165, 1.54) is 6.42 Å². The molecule has 1 rings (SSSR count). The predicted molar refractivity (Wildman–Crippen MR) is 67.3 cm³/mol. The van der Waals surface area contributed by atoms with Crippen LogP contribution in [0.2, 0.25) is 0 Å². The van der Waals surface area contributed by atoms with Gasteiger partial charge in [-0.2, -0.15) is 5.26 Å². The second-order valence-electron chi connectivity index (χ2n) is 4.97. The highest BCUT2D eigenvalue weighted by Crippen LogP contribution is 2.17. The van der Waals surface area contributed by atoms with Gasteiger partial charge in [-0.3, -0.25) is 4.79 Å². The van der Waals surface area contributed by atoms with E-state index in [0.717, 1.165) is 25.9 Å². The van der Waals surface area contributed by atoms with Gasteiger partial charge >= 0.3 is 0 Å². The van der Waals surface area contributed by atoms with Crippen LogP contribution in [-0.2, 0) is 4.79 Å². The smallest absolute Gasteiger partial charge is 0.239 e. The van der Waals surface area contributed by atoms with Gasteiger partial charge in [-0.05, 0) is 32.9 Å². The van der Waals surface area contributed by atoms with Crippen molar-refractivity contribution < 1.29 is 4.79 Å². The topological polar surface area (TPSA) is 47.3 Å². The Morgan fingerprint density at radius 3 is 2.82 bits per heavy atom. The first kappa shape index (κ1) is 14.0. The van der Waals surface area contributed by atoms with Crippen LogP contribution in [0.15, 0.2) is 0 Å². The molecule has 0 aliphatic carbocycles. The van der Waals surface area contributed by atoms with Crippen molar-refractivity contribution in [3.63, 3.8) is 0 Å². The summed E-state index contributed by atoms with van der Waals surface area (Å²) in [4.78, 5) is 16.1. The summed E-state index contributed by atoms with van der Waals surface area (Å²) in [5.41, 5.74) is 0. The van der Waals surface area contributed by atoms with Gasteiger partial charge in [-0.15, -0.1) is 0 Å². The fourth-order valence-electron chi connectivity index (χ4n) is 2.41. The fourth-order valence-corrected chi connectivity index (χ4v) is 2.41. The zero-order chi connectivity index (χ0) is 12.8. The van der Waals surface area contributed by atoms with Crippen molar-refractivity contribution in [2.45, 2.75) is 38.6 Å². The van der Waals surface area contributed by atoms with E-state index in [9.17, 15) is 4.79 Å². The first-order chi connectivity index (χ1) is 8.10. The van der Waals surface area contributed by atoms with Gasteiger partial charge in [0.05, 0.1) is 6.07 Å². The lowest BCUT2D eigenvalue weighted by Gasteiger charge is -2.27. The third-order valence-corrected chi connectivity index (χ3v) is 3.56. The maximum Gasteiger partial charge on any atom is 0.239 e.